The molecule has 4 heteroatoms. The summed E-state index contributed by atoms with van der Waals surface area (Å²) in [5.74, 6) is 0.0153. The Morgan fingerprint density at radius 2 is 1.89 bits per heavy atom. The van der Waals surface area contributed by atoms with Crippen molar-refractivity contribution in [3.8, 4) is 0 Å². The summed E-state index contributed by atoms with van der Waals surface area (Å²) in [6, 6.07) is 0.222. The van der Waals surface area contributed by atoms with Gasteiger partial charge in [0.1, 0.15) is 0 Å². The SMILES string of the molecule is CCC(C)NC(=O)CNCC1(O)CCCCCC1. The molecule has 1 atom stereocenters. The predicted octanol–water partition coefficient (Wildman–Crippen LogP) is 1.58. The number of carbonyl (C=O) groups excluding carboxylic acids is 1. The van der Waals surface area contributed by atoms with Crippen LogP contribution in [0.1, 0.15) is 58.8 Å². The molecule has 106 valence electrons. The Balaban J connectivity index is 2.21. The number of carbonyl (C=O) groups is 1. The normalized spacial score (nSPS) is 21.1. The Hall–Kier alpha value is -0.610. The molecule has 1 aliphatic carbocycles. The maximum absolute atomic E-state index is 11.6. The maximum atomic E-state index is 11.6. The highest BCUT2D eigenvalue weighted by molar-refractivity contribution is 5.78. The maximum Gasteiger partial charge on any atom is 0.234 e. The third-order valence-corrected chi connectivity index (χ3v) is 3.79. The van der Waals surface area contributed by atoms with Crippen molar-refractivity contribution in [1.82, 2.24) is 10.6 Å². The average Bonchev–Trinajstić information content (AvgIpc) is 2.54. The molecule has 3 N–H and O–H groups in total. The van der Waals surface area contributed by atoms with Crippen LogP contribution < -0.4 is 10.6 Å². The molecule has 0 saturated heterocycles. The summed E-state index contributed by atoms with van der Waals surface area (Å²) < 4.78 is 0. The molecule has 0 aromatic carbocycles. The van der Waals surface area contributed by atoms with Gasteiger partial charge in [-0.3, -0.25) is 4.79 Å². The fourth-order valence-electron chi connectivity index (χ4n) is 2.40. The lowest BCUT2D eigenvalue weighted by molar-refractivity contribution is -0.121. The Bertz CT molecular complexity index is 248. The fraction of sp³-hybridized carbons (Fsp3) is 0.929. The molecule has 1 saturated carbocycles. The van der Waals surface area contributed by atoms with E-state index in [0.717, 1.165) is 32.1 Å². The largest absolute Gasteiger partial charge is 0.389 e. The van der Waals surface area contributed by atoms with Gasteiger partial charge in [0.2, 0.25) is 5.91 Å². The van der Waals surface area contributed by atoms with Crippen molar-refractivity contribution in [1.29, 1.82) is 0 Å². The van der Waals surface area contributed by atoms with E-state index in [4.69, 9.17) is 0 Å². The molecule has 0 aromatic heterocycles. The Labute approximate surface area is 111 Å². The minimum absolute atomic E-state index is 0.0153. The molecule has 0 aliphatic heterocycles. The number of hydrogen-bond acceptors (Lipinski definition) is 3. The van der Waals surface area contributed by atoms with E-state index in [1.165, 1.54) is 12.8 Å². The van der Waals surface area contributed by atoms with Crippen molar-refractivity contribution in [2.24, 2.45) is 0 Å². The van der Waals surface area contributed by atoms with Gasteiger partial charge in [-0.2, -0.15) is 0 Å². The van der Waals surface area contributed by atoms with Gasteiger partial charge >= 0.3 is 0 Å². The van der Waals surface area contributed by atoms with E-state index in [0.29, 0.717) is 13.1 Å². The number of hydrogen-bond donors (Lipinski definition) is 3. The van der Waals surface area contributed by atoms with Crippen LogP contribution in [0.3, 0.4) is 0 Å². The molecule has 0 spiro atoms. The first kappa shape index (κ1) is 15.4. The van der Waals surface area contributed by atoms with Crippen LogP contribution in [0.25, 0.3) is 0 Å². The Kier molecular flexibility index (Phi) is 6.65. The van der Waals surface area contributed by atoms with E-state index >= 15 is 0 Å². The van der Waals surface area contributed by atoms with Gasteiger partial charge in [-0.05, 0) is 26.2 Å². The number of aliphatic hydroxyl groups is 1. The van der Waals surface area contributed by atoms with E-state index in [2.05, 4.69) is 10.6 Å². The van der Waals surface area contributed by atoms with Crippen LogP contribution in [0.2, 0.25) is 0 Å². The molecule has 0 aromatic rings. The summed E-state index contributed by atoms with van der Waals surface area (Å²) in [5.41, 5.74) is -0.604. The van der Waals surface area contributed by atoms with Crippen molar-refractivity contribution < 1.29 is 9.90 Å². The highest BCUT2D eigenvalue weighted by Gasteiger charge is 2.27. The average molecular weight is 256 g/mol. The Morgan fingerprint density at radius 3 is 2.44 bits per heavy atom. The van der Waals surface area contributed by atoms with Crippen LogP contribution in [0.5, 0.6) is 0 Å². The monoisotopic (exact) mass is 256 g/mol. The van der Waals surface area contributed by atoms with E-state index in [1.807, 2.05) is 13.8 Å². The van der Waals surface area contributed by atoms with Crippen LogP contribution in [0.4, 0.5) is 0 Å². The zero-order valence-electron chi connectivity index (χ0n) is 11.8. The molecule has 1 rings (SSSR count). The van der Waals surface area contributed by atoms with Crippen molar-refractivity contribution in [3.05, 3.63) is 0 Å². The summed E-state index contributed by atoms with van der Waals surface area (Å²) >= 11 is 0. The second-order valence-electron chi connectivity index (χ2n) is 5.62. The third-order valence-electron chi connectivity index (χ3n) is 3.79. The van der Waals surface area contributed by atoms with Crippen LogP contribution in [-0.2, 0) is 4.79 Å². The summed E-state index contributed by atoms with van der Waals surface area (Å²) in [6.45, 7) is 4.87. The first-order valence-electron chi connectivity index (χ1n) is 7.28. The van der Waals surface area contributed by atoms with Crippen molar-refractivity contribution in [2.75, 3.05) is 13.1 Å². The molecule has 4 nitrogen and oxygen atoms in total. The summed E-state index contributed by atoms with van der Waals surface area (Å²) in [6.07, 6.45) is 7.28. The number of nitrogens with one attached hydrogen (secondary N) is 2. The zero-order chi connectivity index (χ0) is 13.4. The van der Waals surface area contributed by atoms with Gasteiger partial charge in [0.05, 0.1) is 12.1 Å². The summed E-state index contributed by atoms with van der Waals surface area (Å²) in [4.78, 5) is 11.6. The third kappa shape index (κ3) is 5.83. The number of amides is 1. The molecule has 1 fully saturated rings. The van der Waals surface area contributed by atoms with Gasteiger partial charge in [0.25, 0.3) is 0 Å². The summed E-state index contributed by atoms with van der Waals surface area (Å²) in [5, 5.41) is 16.4. The summed E-state index contributed by atoms with van der Waals surface area (Å²) in [7, 11) is 0. The molecular formula is C14H28N2O2. The highest BCUT2D eigenvalue weighted by atomic mass is 16.3. The Morgan fingerprint density at radius 1 is 1.28 bits per heavy atom. The number of rotatable bonds is 6. The molecule has 1 aliphatic rings. The van der Waals surface area contributed by atoms with Crippen LogP contribution in [0.15, 0.2) is 0 Å². The zero-order valence-corrected chi connectivity index (χ0v) is 11.8. The molecule has 18 heavy (non-hydrogen) atoms. The lowest BCUT2D eigenvalue weighted by Crippen LogP contribution is -2.45. The van der Waals surface area contributed by atoms with Crippen molar-refractivity contribution in [3.63, 3.8) is 0 Å². The molecule has 1 unspecified atom stereocenters. The lowest BCUT2D eigenvalue weighted by Gasteiger charge is -2.27. The molecule has 0 heterocycles. The second kappa shape index (κ2) is 7.74. The van der Waals surface area contributed by atoms with E-state index in [-0.39, 0.29) is 11.9 Å². The molecule has 0 radical (unpaired) electrons. The van der Waals surface area contributed by atoms with Crippen LogP contribution in [-0.4, -0.2) is 35.7 Å². The van der Waals surface area contributed by atoms with Gasteiger partial charge in [0, 0.05) is 12.6 Å². The van der Waals surface area contributed by atoms with Gasteiger partial charge in [-0.15, -0.1) is 0 Å². The topological polar surface area (TPSA) is 61.4 Å². The van der Waals surface area contributed by atoms with Gasteiger partial charge in [0.15, 0.2) is 0 Å². The molecular weight excluding hydrogens is 228 g/mol. The van der Waals surface area contributed by atoms with Crippen molar-refractivity contribution in [2.45, 2.75) is 70.4 Å². The molecule has 1 amide bonds. The van der Waals surface area contributed by atoms with Crippen LogP contribution in [0, 0.1) is 0 Å². The quantitative estimate of drug-likeness (QED) is 0.632. The van der Waals surface area contributed by atoms with Gasteiger partial charge in [-0.1, -0.05) is 32.6 Å². The minimum atomic E-state index is -0.604. The predicted molar refractivity (Wildman–Crippen MR) is 73.4 cm³/mol. The standard InChI is InChI=1S/C14H28N2O2/c1-3-12(2)16-13(17)10-15-11-14(18)8-6-4-5-7-9-14/h12,15,18H,3-11H2,1-2H3,(H,16,17). The van der Waals surface area contributed by atoms with Gasteiger partial charge < -0.3 is 15.7 Å². The van der Waals surface area contributed by atoms with Gasteiger partial charge in [-0.25, -0.2) is 0 Å². The van der Waals surface area contributed by atoms with Crippen molar-refractivity contribution >= 4 is 5.91 Å². The second-order valence-corrected chi connectivity index (χ2v) is 5.62. The smallest absolute Gasteiger partial charge is 0.234 e. The fourth-order valence-corrected chi connectivity index (χ4v) is 2.40. The van der Waals surface area contributed by atoms with E-state index in [9.17, 15) is 9.90 Å². The molecule has 0 bridgehead atoms. The first-order chi connectivity index (χ1) is 8.56. The van der Waals surface area contributed by atoms with E-state index in [1.54, 1.807) is 0 Å². The first-order valence-corrected chi connectivity index (χ1v) is 7.28. The van der Waals surface area contributed by atoms with E-state index < -0.39 is 5.60 Å². The van der Waals surface area contributed by atoms with Crippen LogP contribution >= 0.6 is 0 Å². The highest BCUT2D eigenvalue weighted by Crippen LogP contribution is 2.26. The lowest BCUT2D eigenvalue weighted by atomic mass is 9.94. The minimum Gasteiger partial charge on any atom is -0.389 e.